The summed E-state index contributed by atoms with van der Waals surface area (Å²) in [6.45, 7) is 1.97. The first kappa shape index (κ1) is 9.78. The monoisotopic (exact) mass is 193 g/mol. The summed E-state index contributed by atoms with van der Waals surface area (Å²) in [6.07, 6.45) is 6.57. The summed E-state index contributed by atoms with van der Waals surface area (Å²) < 4.78 is 5.57. The number of nitrogens with two attached hydrogens (primary N) is 1. The lowest BCUT2D eigenvalue weighted by Crippen LogP contribution is -2.22. The summed E-state index contributed by atoms with van der Waals surface area (Å²) >= 11 is 0. The molecule has 1 aliphatic rings. The SMILES string of the molecule is Cc1ccc([C@@H](N)C2CCCCC2)o1. The van der Waals surface area contributed by atoms with Gasteiger partial charge in [0.05, 0.1) is 6.04 Å². The number of aryl methyl sites for hydroxylation is 1. The maximum atomic E-state index is 6.19. The second-order valence-electron chi connectivity index (χ2n) is 4.37. The van der Waals surface area contributed by atoms with Crippen molar-refractivity contribution in [2.75, 3.05) is 0 Å². The molecule has 1 saturated carbocycles. The lowest BCUT2D eigenvalue weighted by Gasteiger charge is -2.25. The van der Waals surface area contributed by atoms with Gasteiger partial charge in [-0.1, -0.05) is 19.3 Å². The van der Waals surface area contributed by atoms with Crippen LogP contribution in [0.3, 0.4) is 0 Å². The third-order valence-corrected chi connectivity index (χ3v) is 3.25. The highest BCUT2D eigenvalue weighted by Crippen LogP contribution is 2.33. The first-order valence-electron chi connectivity index (χ1n) is 5.59. The Morgan fingerprint density at radius 3 is 2.57 bits per heavy atom. The average molecular weight is 193 g/mol. The molecular formula is C12H19NO. The number of hydrogen-bond donors (Lipinski definition) is 1. The van der Waals surface area contributed by atoms with Crippen molar-refractivity contribution in [3.63, 3.8) is 0 Å². The first-order chi connectivity index (χ1) is 6.77. The second kappa shape index (κ2) is 4.18. The van der Waals surface area contributed by atoms with Gasteiger partial charge in [-0.2, -0.15) is 0 Å². The van der Waals surface area contributed by atoms with Crippen molar-refractivity contribution in [3.8, 4) is 0 Å². The summed E-state index contributed by atoms with van der Waals surface area (Å²) in [5, 5.41) is 0. The van der Waals surface area contributed by atoms with Gasteiger partial charge in [-0.25, -0.2) is 0 Å². The van der Waals surface area contributed by atoms with Crippen LogP contribution in [0, 0.1) is 12.8 Å². The highest BCUT2D eigenvalue weighted by atomic mass is 16.3. The van der Waals surface area contributed by atoms with Gasteiger partial charge in [0.1, 0.15) is 11.5 Å². The maximum Gasteiger partial charge on any atom is 0.121 e. The third-order valence-electron chi connectivity index (χ3n) is 3.25. The molecule has 1 aromatic heterocycles. The molecule has 1 heterocycles. The van der Waals surface area contributed by atoms with Crippen LogP contribution in [0.5, 0.6) is 0 Å². The Morgan fingerprint density at radius 2 is 2.00 bits per heavy atom. The van der Waals surface area contributed by atoms with Crippen molar-refractivity contribution < 1.29 is 4.42 Å². The zero-order chi connectivity index (χ0) is 9.97. The molecule has 0 radical (unpaired) electrons. The normalized spacial score (nSPS) is 21.0. The van der Waals surface area contributed by atoms with Crippen LogP contribution in [0.15, 0.2) is 16.5 Å². The molecule has 0 bridgehead atoms. The second-order valence-corrected chi connectivity index (χ2v) is 4.37. The summed E-state index contributed by atoms with van der Waals surface area (Å²) in [6, 6.07) is 4.14. The molecule has 0 aliphatic heterocycles. The topological polar surface area (TPSA) is 39.2 Å². The number of rotatable bonds is 2. The fraction of sp³-hybridized carbons (Fsp3) is 0.667. The van der Waals surface area contributed by atoms with E-state index in [1.165, 1.54) is 32.1 Å². The van der Waals surface area contributed by atoms with Crippen LogP contribution in [0.1, 0.15) is 49.7 Å². The van der Waals surface area contributed by atoms with Crippen molar-refractivity contribution in [1.29, 1.82) is 0 Å². The van der Waals surface area contributed by atoms with E-state index in [0.717, 1.165) is 11.5 Å². The van der Waals surface area contributed by atoms with E-state index in [1.807, 2.05) is 19.1 Å². The van der Waals surface area contributed by atoms with Gasteiger partial charge in [-0.15, -0.1) is 0 Å². The zero-order valence-electron chi connectivity index (χ0n) is 8.83. The number of furan rings is 1. The fourth-order valence-corrected chi connectivity index (χ4v) is 2.36. The minimum atomic E-state index is 0.115. The Balaban J connectivity index is 2.03. The average Bonchev–Trinajstić information content (AvgIpc) is 2.65. The Labute approximate surface area is 85.5 Å². The molecule has 0 aromatic carbocycles. The van der Waals surface area contributed by atoms with E-state index in [0.29, 0.717) is 5.92 Å². The molecule has 1 fully saturated rings. The van der Waals surface area contributed by atoms with Crippen LogP contribution in [0.4, 0.5) is 0 Å². The molecule has 2 N–H and O–H groups in total. The zero-order valence-corrected chi connectivity index (χ0v) is 8.83. The van der Waals surface area contributed by atoms with E-state index >= 15 is 0 Å². The summed E-state index contributed by atoms with van der Waals surface area (Å²) in [4.78, 5) is 0. The molecule has 1 aliphatic carbocycles. The van der Waals surface area contributed by atoms with Crippen LogP contribution in [-0.2, 0) is 0 Å². The van der Waals surface area contributed by atoms with E-state index in [1.54, 1.807) is 0 Å². The third kappa shape index (κ3) is 2.01. The predicted octanol–water partition coefficient (Wildman–Crippen LogP) is 3.17. The van der Waals surface area contributed by atoms with Crippen molar-refractivity contribution in [2.45, 2.75) is 45.1 Å². The van der Waals surface area contributed by atoms with Crippen LogP contribution >= 0.6 is 0 Å². The molecule has 14 heavy (non-hydrogen) atoms. The van der Waals surface area contributed by atoms with Crippen LogP contribution in [0.25, 0.3) is 0 Å². The molecule has 2 heteroatoms. The molecule has 78 valence electrons. The maximum absolute atomic E-state index is 6.19. The predicted molar refractivity (Wildman–Crippen MR) is 56.9 cm³/mol. The summed E-state index contributed by atoms with van der Waals surface area (Å²) in [5.74, 6) is 2.56. The largest absolute Gasteiger partial charge is 0.465 e. The minimum absolute atomic E-state index is 0.115. The van der Waals surface area contributed by atoms with Gasteiger partial charge in [0, 0.05) is 0 Å². The molecule has 0 saturated heterocycles. The van der Waals surface area contributed by atoms with E-state index in [9.17, 15) is 0 Å². The number of hydrogen-bond acceptors (Lipinski definition) is 2. The van der Waals surface area contributed by atoms with Gasteiger partial charge in [0.15, 0.2) is 0 Å². The van der Waals surface area contributed by atoms with Crippen LogP contribution < -0.4 is 5.73 Å². The Bertz CT molecular complexity index is 286. The Kier molecular flexibility index (Phi) is 2.92. The van der Waals surface area contributed by atoms with Gasteiger partial charge >= 0.3 is 0 Å². The Hall–Kier alpha value is -0.760. The van der Waals surface area contributed by atoms with E-state index in [4.69, 9.17) is 10.2 Å². The van der Waals surface area contributed by atoms with Crippen molar-refractivity contribution in [2.24, 2.45) is 11.7 Å². The molecular weight excluding hydrogens is 174 g/mol. The standard InChI is InChI=1S/C12H19NO/c1-9-7-8-11(14-9)12(13)10-5-3-2-4-6-10/h7-8,10,12H,2-6,13H2,1H3/t12-/m0/s1. The van der Waals surface area contributed by atoms with E-state index < -0.39 is 0 Å². The molecule has 0 spiro atoms. The summed E-state index contributed by atoms with van der Waals surface area (Å²) in [5.41, 5.74) is 6.19. The lowest BCUT2D eigenvalue weighted by molar-refractivity contribution is 0.278. The molecule has 0 unspecified atom stereocenters. The molecule has 2 rings (SSSR count). The summed E-state index contributed by atoms with van der Waals surface area (Å²) in [7, 11) is 0. The van der Waals surface area contributed by atoms with Crippen molar-refractivity contribution in [3.05, 3.63) is 23.7 Å². The van der Waals surface area contributed by atoms with E-state index in [2.05, 4.69) is 0 Å². The van der Waals surface area contributed by atoms with Gasteiger partial charge in [-0.3, -0.25) is 0 Å². The molecule has 0 amide bonds. The fourth-order valence-electron chi connectivity index (χ4n) is 2.36. The van der Waals surface area contributed by atoms with Crippen LogP contribution in [-0.4, -0.2) is 0 Å². The quantitative estimate of drug-likeness (QED) is 0.783. The van der Waals surface area contributed by atoms with Crippen LogP contribution in [0.2, 0.25) is 0 Å². The Morgan fingerprint density at radius 1 is 1.29 bits per heavy atom. The van der Waals surface area contributed by atoms with Crippen molar-refractivity contribution >= 4 is 0 Å². The smallest absolute Gasteiger partial charge is 0.121 e. The molecule has 2 nitrogen and oxygen atoms in total. The van der Waals surface area contributed by atoms with Gasteiger partial charge < -0.3 is 10.2 Å². The molecule has 1 aromatic rings. The molecule has 1 atom stereocenters. The van der Waals surface area contributed by atoms with Crippen molar-refractivity contribution in [1.82, 2.24) is 0 Å². The highest BCUT2D eigenvalue weighted by molar-refractivity contribution is 5.10. The lowest BCUT2D eigenvalue weighted by atomic mass is 9.83. The van der Waals surface area contributed by atoms with Gasteiger partial charge in [-0.05, 0) is 37.8 Å². The van der Waals surface area contributed by atoms with Gasteiger partial charge in [0.2, 0.25) is 0 Å². The minimum Gasteiger partial charge on any atom is -0.465 e. The van der Waals surface area contributed by atoms with E-state index in [-0.39, 0.29) is 6.04 Å². The van der Waals surface area contributed by atoms with Gasteiger partial charge in [0.25, 0.3) is 0 Å². The first-order valence-corrected chi connectivity index (χ1v) is 5.59. The highest BCUT2D eigenvalue weighted by Gasteiger charge is 2.23.